The Labute approximate surface area is 77.3 Å². The van der Waals surface area contributed by atoms with Crippen LogP contribution in [-0.4, -0.2) is 4.89 Å². The smallest absolute Gasteiger partial charge is 0.316 e. The van der Waals surface area contributed by atoms with E-state index in [0.717, 1.165) is 11.1 Å². The normalized spacial score (nSPS) is 12.8. The Morgan fingerprint density at radius 1 is 1.31 bits per heavy atom. The van der Waals surface area contributed by atoms with Gasteiger partial charge in [-0.2, -0.15) is 0 Å². The Balaban J connectivity index is 2.54. The second-order valence-corrected chi connectivity index (χ2v) is 3.40. The Morgan fingerprint density at radius 2 is 1.85 bits per heavy atom. The third-order valence-corrected chi connectivity index (χ3v) is 2.01. The first kappa shape index (κ1) is 10.4. The largest absolute Gasteiger partial charge is 0.326 e. The molecule has 0 heterocycles. The fraction of sp³-hybridized carbons (Fsp3) is 0.250. The van der Waals surface area contributed by atoms with Gasteiger partial charge in [-0.1, -0.05) is 24.3 Å². The predicted molar refractivity (Wildman–Crippen MR) is 50.3 cm³/mol. The van der Waals surface area contributed by atoms with Crippen molar-refractivity contribution in [2.45, 2.75) is 13.2 Å². The summed E-state index contributed by atoms with van der Waals surface area (Å²) in [5, 5.41) is 0. The minimum atomic E-state index is -2.82. The molecule has 1 aromatic carbocycles. The van der Waals surface area contributed by atoms with Crippen LogP contribution in [0.15, 0.2) is 24.3 Å². The van der Waals surface area contributed by atoms with E-state index in [1.54, 1.807) is 0 Å². The van der Waals surface area contributed by atoms with Gasteiger partial charge in [-0.15, -0.1) is 0 Å². The maximum Gasteiger partial charge on any atom is 0.316 e. The van der Waals surface area contributed by atoms with E-state index < -0.39 is 8.25 Å². The third kappa shape index (κ3) is 3.70. The average Bonchev–Trinajstić information content (AvgIpc) is 2.15. The summed E-state index contributed by atoms with van der Waals surface area (Å²) in [5.41, 5.74) is 7.30. The lowest BCUT2D eigenvalue weighted by Gasteiger charge is -2.01. The third-order valence-electron chi connectivity index (χ3n) is 1.62. The Hall–Kier alpha value is -0.670. The quantitative estimate of drug-likeness (QED) is 0.714. The fourth-order valence-corrected chi connectivity index (χ4v) is 1.21. The van der Waals surface area contributed by atoms with Crippen LogP contribution in [0.4, 0.5) is 0 Å². The molecule has 5 heteroatoms. The molecule has 13 heavy (non-hydrogen) atoms. The van der Waals surface area contributed by atoms with Crippen molar-refractivity contribution in [3.05, 3.63) is 35.4 Å². The molecule has 0 bridgehead atoms. The Bertz CT molecular complexity index is 286. The molecule has 4 nitrogen and oxygen atoms in total. The zero-order chi connectivity index (χ0) is 9.68. The minimum absolute atomic E-state index is 0.166. The van der Waals surface area contributed by atoms with Crippen molar-refractivity contribution in [2.75, 3.05) is 0 Å². The topological polar surface area (TPSA) is 72.5 Å². The number of hydrogen-bond acceptors (Lipinski definition) is 3. The maximum absolute atomic E-state index is 10.2. The van der Waals surface area contributed by atoms with Crippen LogP contribution in [0.2, 0.25) is 0 Å². The fourth-order valence-electron chi connectivity index (χ4n) is 0.917. The first-order valence-corrected chi connectivity index (χ1v) is 5.12. The van der Waals surface area contributed by atoms with Crippen molar-refractivity contribution in [2.24, 2.45) is 5.73 Å². The van der Waals surface area contributed by atoms with Gasteiger partial charge in [0, 0.05) is 6.54 Å². The Kier molecular flexibility index (Phi) is 4.12. The van der Waals surface area contributed by atoms with Gasteiger partial charge in [0.05, 0.1) is 6.61 Å². The van der Waals surface area contributed by atoms with Crippen molar-refractivity contribution in [1.82, 2.24) is 0 Å². The maximum atomic E-state index is 10.2. The summed E-state index contributed by atoms with van der Waals surface area (Å²) in [6.07, 6.45) is 0. The van der Waals surface area contributed by atoms with Crippen molar-refractivity contribution in [3.63, 3.8) is 0 Å². The molecule has 0 saturated heterocycles. The lowest BCUT2D eigenvalue weighted by Crippen LogP contribution is -1.96. The van der Waals surface area contributed by atoms with E-state index >= 15 is 0 Å². The lowest BCUT2D eigenvalue weighted by atomic mass is 10.1. The molecule has 0 aliphatic rings. The van der Waals surface area contributed by atoms with Gasteiger partial charge in [-0.05, 0) is 11.1 Å². The van der Waals surface area contributed by atoms with Gasteiger partial charge in [0.15, 0.2) is 0 Å². The highest BCUT2D eigenvalue weighted by atomic mass is 31.1. The second-order valence-electron chi connectivity index (χ2n) is 2.58. The van der Waals surface area contributed by atoms with E-state index in [1.165, 1.54) is 0 Å². The predicted octanol–water partition coefficient (Wildman–Crippen LogP) is 1.04. The zero-order valence-corrected chi connectivity index (χ0v) is 8.06. The van der Waals surface area contributed by atoms with E-state index in [4.69, 9.17) is 10.6 Å². The first-order valence-electron chi connectivity index (χ1n) is 3.86. The van der Waals surface area contributed by atoms with E-state index in [2.05, 4.69) is 4.52 Å². The van der Waals surface area contributed by atoms with Crippen molar-refractivity contribution in [1.29, 1.82) is 0 Å². The molecule has 1 atom stereocenters. The van der Waals surface area contributed by atoms with Crippen LogP contribution in [0.1, 0.15) is 11.1 Å². The standard InChI is InChI=1S/C8H12NO3P/c9-5-7-1-3-8(4-2-7)6-12-13(10)11/h1-4,13H,5-6,9H2,(H,10,11). The lowest BCUT2D eigenvalue weighted by molar-refractivity contribution is 0.272. The van der Waals surface area contributed by atoms with Crippen molar-refractivity contribution >= 4 is 8.25 Å². The molecule has 1 rings (SSSR count). The van der Waals surface area contributed by atoms with Crippen LogP contribution in [0.3, 0.4) is 0 Å². The summed E-state index contributed by atoms with van der Waals surface area (Å²) < 4.78 is 14.8. The average molecular weight is 201 g/mol. The van der Waals surface area contributed by atoms with Gasteiger partial charge in [-0.25, -0.2) is 0 Å². The van der Waals surface area contributed by atoms with Crippen LogP contribution in [-0.2, 0) is 22.2 Å². The molecule has 3 N–H and O–H groups in total. The molecule has 72 valence electrons. The molecule has 0 radical (unpaired) electrons. The van der Waals surface area contributed by atoms with Crippen LogP contribution >= 0.6 is 8.25 Å². The van der Waals surface area contributed by atoms with Crippen LogP contribution < -0.4 is 5.73 Å². The molecule has 0 aliphatic carbocycles. The highest BCUT2D eigenvalue weighted by molar-refractivity contribution is 7.32. The second kappa shape index (κ2) is 5.14. The summed E-state index contributed by atoms with van der Waals surface area (Å²) in [5.74, 6) is 0. The van der Waals surface area contributed by atoms with Gasteiger partial charge in [0.25, 0.3) is 0 Å². The summed E-state index contributed by atoms with van der Waals surface area (Å²) in [6, 6.07) is 7.39. The van der Waals surface area contributed by atoms with Crippen LogP contribution in [0.25, 0.3) is 0 Å². The van der Waals surface area contributed by atoms with Gasteiger partial charge in [0.2, 0.25) is 0 Å². The van der Waals surface area contributed by atoms with Crippen molar-refractivity contribution in [3.8, 4) is 0 Å². The molecule has 0 aliphatic heterocycles. The first-order chi connectivity index (χ1) is 6.22. The Morgan fingerprint density at radius 3 is 2.31 bits per heavy atom. The van der Waals surface area contributed by atoms with Gasteiger partial charge >= 0.3 is 8.25 Å². The molecule has 0 aromatic heterocycles. The molecular formula is C8H12NO3P. The summed E-state index contributed by atoms with van der Waals surface area (Å²) in [6.45, 7) is 0.664. The minimum Gasteiger partial charge on any atom is -0.326 e. The summed E-state index contributed by atoms with van der Waals surface area (Å²) in [7, 11) is -2.82. The molecule has 1 unspecified atom stereocenters. The molecular weight excluding hydrogens is 189 g/mol. The van der Waals surface area contributed by atoms with Crippen LogP contribution in [0.5, 0.6) is 0 Å². The van der Waals surface area contributed by atoms with Gasteiger partial charge < -0.3 is 15.2 Å². The van der Waals surface area contributed by atoms with Crippen molar-refractivity contribution < 1.29 is 14.0 Å². The highest BCUT2D eigenvalue weighted by Gasteiger charge is 1.95. The SMILES string of the molecule is NCc1ccc(CO[PH](=O)O)cc1. The highest BCUT2D eigenvalue weighted by Crippen LogP contribution is 2.17. The van der Waals surface area contributed by atoms with E-state index in [1.807, 2.05) is 24.3 Å². The van der Waals surface area contributed by atoms with E-state index in [-0.39, 0.29) is 6.61 Å². The van der Waals surface area contributed by atoms with E-state index in [9.17, 15) is 4.57 Å². The molecule has 1 aromatic rings. The number of rotatable bonds is 4. The zero-order valence-electron chi connectivity index (χ0n) is 7.06. The summed E-state index contributed by atoms with van der Waals surface area (Å²) in [4.78, 5) is 8.42. The monoisotopic (exact) mass is 201 g/mol. The molecule has 0 spiro atoms. The van der Waals surface area contributed by atoms with E-state index in [0.29, 0.717) is 6.54 Å². The molecule has 0 saturated carbocycles. The molecule has 0 amide bonds. The van der Waals surface area contributed by atoms with Crippen LogP contribution in [0, 0.1) is 0 Å². The number of benzene rings is 1. The molecule has 0 fully saturated rings. The van der Waals surface area contributed by atoms with Gasteiger partial charge in [0.1, 0.15) is 0 Å². The number of hydrogen-bond donors (Lipinski definition) is 2. The van der Waals surface area contributed by atoms with Gasteiger partial charge in [-0.3, -0.25) is 4.57 Å². The summed E-state index contributed by atoms with van der Waals surface area (Å²) >= 11 is 0. The number of nitrogens with two attached hydrogens (primary N) is 1.